The van der Waals surface area contributed by atoms with Crippen LogP contribution in [0.4, 0.5) is 0 Å². The Labute approximate surface area is 105 Å². The molecule has 0 spiro atoms. The topological polar surface area (TPSA) is 57.0 Å². The lowest BCUT2D eigenvalue weighted by atomic mass is 10.0. The van der Waals surface area contributed by atoms with Gasteiger partial charge in [0, 0.05) is 18.9 Å². The Bertz CT molecular complexity index is 443. The smallest absolute Gasteiger partial charge is 0.233 e. The van der Waals surface area contributed by atoms with Crippen LogP contribution in [0.15, 0.2) is 24.5 Å². The van der Waals surface area contributed by atoms with Crippen molar-refractivity contribution in [3.05, 3.63) is 30.1 Å². The molecule has 17 heavy (non-hydrogen) atoms. The molecule has 1 fully saturated rings. The Morgan fingerprint density at radius 1 is 1.65 bits per heavy atom. The molecule has 0 N–H and O–H groups in total. The summed E-state index contributed by atoms with van der Waals surface area (Å²) in [4.78, 5) is 17.4. The highest BCUT2D eigenvalue weighted by Gasteiger charge is 2.37. The molecule has 1 aliphatic heterocycles. The third-order valence-electron chi connectivity index (χ3n) is 2.84. The zero-order valence-electron chi connectivity index (χ0n) is 9.54. The van der Waals surface area contributed by atoms with Crippen LogP contribution in [0.25, 0.3) is 0 Å². The van der Waals surface area contributed by atoms with E-state index in [-0.39, 0.29) is 17.2 Å². The second kappa shape index (κ2) is 5.19. The maximum absolute atomic E-state index is 11.7. The number of aromatic nitrogens is 1. The van der Waals surface area contributed by atoms with Gasteiger partial charge < -0.3 is 4.90 Å². The van der Waals surface area contributed by atoms with Crippen molar-refractivity contribution in [2.75, 3.05) is 12.3 Å². The Balaban J connectivity index is 2.26. The molecule has 0 aromatic carbocycles. The van der Waals surface area contributed by atoms with Gasteiger partial charge >= 0.3 is 0 Å². The Morgan fingerprint density at radius 2 is 2.35 bits per heavy atom. The molecule has 5 heteroatoms. The molecular weight excluding hydrogens is 234 g/mol. The number of carbonyl (C=O) groups excluding carboxylic acids is 1. The van der Waals surface area contributed by atoms with Crippen molar-refractivity contribution < 1.29 is 4.79 Å². The molecule has 2 heterocycles. The fourth-order valence-corrected chi connectivity index (χ4v) is 3.31. The van der Waals surface area contributed by atoms with Crippen molar-refractivity contribution in [1.82, 2.24) is 9.88 Å². The van der Waals surface area contributed by atoms with Crippen LogP contribution in [-0.4, -0.2) is 33.5 Å². The van der Waals surface area contributed by atoms with Crippen LogP contribution in [0.1, 0.15) is 18.4 Å². The summed E-state index contributed by atoms with van der Waals surface area (Å²) >= 11 is 1.54. The van der Waals surface area contributed by atoms with Crippen molar-refractivity contribution in [3.8, 4) is 6.07 Å². The van der Waals surface area contributed by atoms with Gasteiger partial charge in [0.2, 0.25) is 5.91 Å². The summed E-state index contributed by atoms with van der Waals surface area (Å²) < 4.78 is 0. The molecule has 1 aromatic rings. The van der Waals surface area contributed by atoms with E-state index in [0.29, 0.717) is 12.3 Å². The van der Waals surface area contributed by atoms with Gasteiger partial charge in [0.15, 0.2) is 0 Å². The second-order valence-electron chi connectivity index (χ2n) is 3.77. The number of carbonyl (C=O) groups is 1. The van der Waals surface area contributed by atoms with Crippen LogP contribution in [0.3, 0.4) is 0 Å². The SMILES string of the molecule is CCN1C(=O)CSC1[C@H](C#N)c1ccncc1. The number of likely N-dealkylation sites (N-methyl/N-ethyl adjacent to an activating group) is 1. The Hall–Kier alpha value is -1.54. The lowest BCUT2D eigenvalue weighted by Crippen LogP contribution is -2.35. The highest BCUT2D eigenvalue weighted by molar-refractivity contribution is 8.01. The number of hydrogen-bond acceptors (Lipinski definition) is 4. The molecule has 1 aromatic heterocycles. The summed E-state index contributed by atoms with van der Waals surface area (Å²) in [7, 11) is 0. The number of nitriles is 1. The molecule has 0 aliphatic carbocycles. The van der Waals surface area contributed by atoms with E-state index in [4.69, 9.17) is 0 Å². The van der Waals surface area contributed by atoms with Crippen molar-refractivity contribution in [2.24, 2.45) is 0 Å². The summed E-state index contributed by atoms with van der Waals surface area (Å²) in [5.74, 6) is 0.313. The summed E-state index contributed by atoms with van der Waals surface area (Å²) in [5, 5.41) is 9.25. The van der Waals surface area contributed by atoms with Crippen molar-refractivity contribution in [1.29, 1.82) is 5.26 Å². The first-order valence-corrected chi connectivity index (χ1v) is 6.53. The van der Waals surface area contributed by atoms with Gasteiger partial charge in [-0.3, -0.25) is 9.78 Å². The predicted octanol–water partition coefficient (Wildman–Crippen LogP) is 1.61. The molecular formula is C12H13N3OS. The fraction of sp³-hybridized carbons (Fsp3) is 0.417. The maximum Gasteiger partial charge on any atom is 0.233 e. The monoisotopic (exact) mass is 247 g/mol. The average molecular weight is 247 g/mol. The van der Waals surface area contributed by atoms with Crippen molar-refractivity contribution >= 4 is 17.7 Å². The molecule has 1 aliphatic rings. The van der Waals surface area contributed by atoms with E-state index in [1.165, 1.54) is 0 Å². The van der Waals surface area contributed by atoms with Crippen LogP contribution < -0.4 is 0 Å². The lowest BCUT2D eigenvalue weighted by Gasteiger charge is -2.26. The Kier molecular flexibility index (Phi) is 3.64. The highest BCUT2D eigenvalue weighted by atomic mass is 32.2. The Morgan fingerprint density at radius 3 is 2.94 bits per heavy atom. The molecule has 4 nitrogen and oxygen atoms in total. The zero-order chi connectivity index (χ0) is 12.3. The van der Waals surface area contributed by atoms with E-state index in [1.807, 2.05) is 19.1 Å². The van der Waals surface area contributed by atoms with Crippen molar-refractivity contribution in [2.45, 2.75) is 18.2 Å². The van der Waals surface area contributed by atoms with Gasteiger partial charge in [-0.2, -0.15) is 5.26 Å². The van der Waals surface area contributed by atoms with Gasteiger partial charge in [-0.1, -0.05) is 0 Å². The summed E-state index contributed by atoms with van der Waals surface area (Å²) in [5.41, 5.74) is 0.924. The third-order valence-corrected chi connectivity index (χ3v) is 4.12. The van der Waals surface area contributed by atoms with Gasteiger partial charge in [0.1, 0.15) is 5.92 Å². The first-order chi connectivity index (χ1) is 8.27. The molecule has 2 rings (SSSR count). The van der Waals surface area contributed by atoms with Crippen LogP contribution in [-0.2, 0) is 4.79 Å². The molecule has 2 atom stereocenters. The predicted molar refractivity (Wildman–Crippen MR) is 66.2 cm³/mol. The second-order valence-corrected chi connectivity index (χ2v) is 4.87. The highest BCUT2D eigenvalue weighted by Crippen LogP contribution is 2.35. The quantitative estimate of drug-likeness (QED) is 0.814. The fourth-order valence-electron chi connectivity index (χ4n) is 1.98. The zero-order valence-corrected chi connectivity index (χ0v) is 10.4. The van der Waals surface area contributed by atoms with E-state index in [0.717, 1.165) is 5.56 Å². The number of rotatable bonds is 3. The first-order valence-electron chi connectivity index (χ1n) is 5.48. The van der Waals surface area contributed by atoms with E-state index in [2.05, 4.69) is 11.1 Å². The minimum absolute atomic E-state index is 0.0695. The van der Waals surface area contributed by atoms with Crippen LogP contribution >= 0.6 is 11.8 Å². The van der Waals surface area contributed by atoms with E-state index in [1.54, 1.807) is 29.1 Å². The van der Waals surface area contributed by atoms with Crippen molar-refractivity contribution in [3.63, 3.8) is 0 Å². The maximum atomic E-state index is 11.7. The molecule has 1 saturated heterocycles. The molecule has 1 amide bonds. The lowest BCUT2D eigenvalue weighted by molar-refractivity contribution is -0.127. The third kappa shape index (κ3) is 2.27. The van der Waals surface area contributed by atoms with E-state index in [9.17, 15) is 10.1 Å². The van der Waals surface area contributed by atoms with Crippen LogP contribution in [0, 0.1) is 11.3 Å². The van der Waals surface area contributed by atoms with Gasteiger partial charge in [0.25, 0.3) is 0 Å². The van der Waals surface area contributed by atoms with E-state index < -0.39 is 0 Å². The molecule has 88 valence electrons. The number of nitrogens with zero attached hydrogens (tertiary/aromatic N) is 3. The summed E-state index contributed by atoms with van der Waals surface area (Å²) in [6.45, 7) is 2.59. The average Bonchev–Trinajstić information content (AvgIpc) is 2.73. The van der Waals surface area contributed by atoms with Gasteiger partial charge in [-0.25, -0.2) is 0 Å². The largest absolute Gasteiger partial charge is 0.329 e. The van der Waals surface area contributed by atoms with Gasteiger partial charge in [-0.15, -0.1) is 11.8 Å². The van der Waals surface area contributed by atoms with E-state index >= 15 is 0 Å². The standard InChI is InChI=1S/C12H13N3OS/c1-2-15-11(16)8-17-12(15)10(7-13)9-3-5-14-6-4-9/h3-6,10,12H,2,8H2,1H3/t10-,12?/m1/s1. The summed E-state index contributed by atoms with van der Waals surface area (Å²) in [6, 6.07) is 5.98. The minimum atomic E-state index is -0.283. The molecule has 0 saturated carbocycles. The number of pyridine rings is 1. The van der Waals surface area contributed by atoms with Gasteiger partial charge in [0.05, 0.1) is 17.2 Å². The molecule has 0 bridgehead atoms. The summed E-state index contributed by atoms with van der Waals surface area (Å²) in [6.07, 6.45) is 3.36. The minimum Gasteiger partial charge on any atom is -0.329 e. The molecule has 1 unspecified atom stereocenters. The van der Waals surface area contributed by atoms with Crippen LogP contribution in [0.2, 0.25) is 0 Å². The molecule has 0 radical (unpaired) electrons. The van der Waals surface area contributed by atoms with Crippen LogP contribution in [0.5, 0.6) is 0 Å². The number of thioether (sulfide) groups is 1. The normalized spacial score (nSPS) is 21.3. The van der Waals surface area contributed by atoms with Gasteiger partial charge in [-0.05, 0) is 24.6 Å². The number of amides is 1. The number of hydrogen-bond donors (Lipinski definition) is 0. The first kappa shape index (κ1) is 11.9.